The molecule has 0 fully saturated rings. The van der Waals surface area contributed by atoms with Crippen LogP contribution in [0.5, 0.6) is 11.5 Å². The number of benzene rings is 10. The van der Waals surface area contributed by atoms with Gasteiger partial charge in [-0.3, -0.25) is 0 Å². The van der Waals surface area contributed by atoms with Gasteiger partial charge >= 0.3 is 0 Å². The van der Waals surface area contributed by atoms with E-state index in [1.807, 2.05) is 0 Å². The summed E-state index contributed by atoms with van der Waals surface area (Å²) in [4.78, 5) is 2.45. The zero-order chi connectivity index (χ0) is 43.0. The van der Waals surface area contributed by atoms with E-state index in [0.717, 1.165) is 51.1 Å². The second-order valence-corrected chi connectivity index (χ2v) is 17.6. The van der Waals surface area contributed by atoms with Crippen LogP contribution in [0.3, 0.4) is 0 Å². The minimum Gasteiger partial charge on any atom is -0.458 e. The topological polar surface area (TPSA) is 27.3 Å². The minimum absolute atomic E-state index is 0.0000662. The Morgan fingerprint density at radius 3 is 1.33 bits per heavy atom. The normalized spacial score (nSPS) is 12.9. The first-order valence-corrected chi connectivity index (χ1v) is 22.7. The highest BCUT2D eigenvalue weighted by Crippen LogP contribution is 2.51. The van der Waals surface area contributed by atoms with Crippen LogP contribution in [0.2, 0.25) is 0 Å². The third-order valence-corrected chi connectivity index (χ3v) is 14.2. The van der Waals surface area contributed by atoms with E-state index >= 15 is 0 Å². The lowest BCUT2D eigenvalue weighted by Crippen LogP contribution is -2.59. The van der Waals surface area contributed by atoms with Crippen molar-refractivity contribution in [2.75, 3.05) is 4.90 Å². The highest BCUT2D eigenvalue weighted by Gasteiger charge is 2.42. The molecule has 0 radical (unpaired) electrons. The molecule has 0 saturated carbocycles. The van der Waals surface area contributed by atoms with Crippen LogP contribution in [-0.2, 0) is 0 Å². The lowest BCUT2D eigenvalue weighted by atomic mass is 9.34. The quantitative estimate of drug-likeness (QED) is 0.165. The van der Waals surface area contributed by atoms with Crippen molar-refractivity contribution in [1.82, 2.24) is 13.7 Å². The van der Waals surface area contributed by atoms with Gasteiger partial charge in [-0.15, -0.1) is 0 Å². The van der Waals surface area contributed by atoms with Crippen molar-refractivity contribution in [3.05, 3.63) is 224 Å². The second kappa shape index (κ2) is 13.4. The average Bonchev–Trinajstić information content (AvgIpc) is 4.03. The van der Waals surface area contributed by atoms with E-state index in [2.05, 4.69) is 243 Å². The molecule has 66 heavy (non-hydrogen) atoms. The Balaban J connectivity index is 1.15. The molecule has 15 rings (SSSR count). The predicted octanol–water partition coefficient (Wildman–Crippen LogP) is 13.4. The van der Waals surface area contributed by atoms with Gasteiger partial charge in [-0.25, -0.2) is 0 Å². The summed E-state index contributed by atoms with van der Waals surface area (Å²) in [6.45, 7) is 0.0000662. The summed E-state index contributed by atoms with van der Waals surface area (Å²) in [6, 6.07) is 81.8. The van der Waals surface area contributed by atoms with Gasteiger partial charge in [0, 0.05) is 66.4 Å². The molecule has 13 aromatic rings. The van der Waals surface area contributed by atoms with Crippen LogP contribution < -0.4 is 26.0 Å². The van der Waals surface area contributed by atoms with Crippen LogP contribution in [0.25, 0.3) is 82.5 Å². The summed E-state index contributed by atoms with van der Waals surface area (Å²) in [5.74, 6) is 1.82. The summed E-state index contributed by atoms with van der Waals surface area (Å²) in [7, 11) is 0. The molecule has 0 amide bonds. The fourth-order valence-electron chi connectivity index (χ4n) is 11.7. The molecule has 3 aromatic heterocycles. The Morgan fingerprint density at radius 2 is 0.773 bits per heavy atom. The van der Waals surface area contributed by atoms with E-state index < -0.39 is 0 Å². The Kier molecular flexibility index (Phi) is 7.24. The van der Waals surface area contributed by atoms with Crippen molar-refractivity contribution >= 4 is 106 Å². The number of rotatable bonds is 4. The van der Waals surface area contributed by atoms with Crippen LogP contribution in [0.4, 0.5) is 17.1 Å². The average molecular weight is 841 g/mol. The molecule has 0 saturated heterocycles. The van der Waals surface area contributed by atoms with E-state index in [1.165, 1.54) is 76.3 Å². The number of anilines is 3. The number of fused-ring (bicyclic) bond motifs is 16. The maximum absolute atomic E-state index is 6.68. The molecule has 0 aliphatic carbocycles. The Hall–Kier alpha value is -8.74. The molecule has 0 atom stereocenters. The molecular formula is C60H37BN4O. The van der Waals surface area contributed by atoms with E-state index in [0.29, 0.717) is 0 Å². The molecule has 5 heterocycles. The molecule has 0 N–H and O–H groups in total. The minimum atomic E-state index is 0.0000662. The van der Waals surface area contributed by atoms with Gasteiger partial charge in [-0.1, -0.05) is 140 Å². The van der Waals surface area contributed by atoms with Gasteiger partial charge in [0.25, 0.3) is 6.71 Å². The summed E-state index contributed by atoms with van der Waals surface area (Å²) in [6.07, 6.45) is 0. The van der Waals surface area contributed by atoms with Crippen LogP contribution in [0, 0.1) is 0 Å². The smallest absolute Gasteiger partial charge is 0.256 e. The standard InChI is InChI=1S/C60H37BN4O/c1-4-19-38(20-5-1)62-50-32-18-34-53-57(50)61(46-28-13-17-33-52(46)66-53)45-36-35-41(37-51(45)62)65-49-31-16-12-27-44(49)56-59-54(42-25-10-14-29-47(42)63(59)39-21-6-2-7-22-39)58-55(60(56)65)43-26-11-15-30-48(43)64(58)40-23-8-3-9-24-40/h1-37H. The molecular weight excluding hydrogens is 803 g/mol. The van der Waals surface area contributed by atoms with E-state index in [9.17, 15) is 0 Å². The molecule has 0 bridgehead atoms. The number of aromatic nitrogens is 3. The summed E-state index contributed by atoms with van der Waals surface area (Å²) in [5.41, 5.74) is 17.5. The maximum atomic E-state index is 6.68. The first kappa shape index (κ1) is 35.7. The molecule has 2 aliphatic rings. The maximum Gasteiger partial charge on any atom is 0.256 e. The molecule has 10 aromatic carbocycles. The lowest BCUT2D eigenvalue weighted by Gasteiger charge is -2.40. The Labute approximate surface area is 380 Å². The van der Waals surface area contributed by atoms with Crippen molar-refractivity contribution in [3.63, 3.8) is 0 Å². The Morgan fingerprint density at radius 1 is 0.318 bits per heavy atom. The van der Waals surface area contributed by atoms with Crippen LogP contribution in [0.1, 0.15) is 0 Å². The number of hydrogen-bond acceptors (Lipinski definition) is 2. The van der Waals surface area contributed by atoms with Crippen LogP contribution >= 0.6 is 0 Å². The largest absolute Gasteiger partial charge is 0.458 e. The van der Waals surface area contributed by atoms with Gasteiger partial charge in [0.05, 0.1) is 33.1 Å². The summed E-state index contributed by atoms with van der Waals surface area (Å²) < 4.78 is 14.3. The third kappa shape index (κ3) is 4.69. The van der Waals surface area contributed by atoms with Crippen molar-refractivity contribution < 1.29 is 4.74 Å². The molecule has 0 unspecified atom stereocenters. The molecule has 6 heteroatoms. The number of nitrogens with zero attached hydrogens (tertiary/aromatic N) is 4. The van der Waals surface area contributed by atoms with Gasteiger partial charge < -0.3 is 23.3 Å². The fraction of sp³-hybridized carbons (Fsp3) is 0. The summed E-state index contributed by atoms with van der Waals surface area (Å²) >= 11 is 0. The van der Waals surface area contributed by atoms with Gasteiger partial charge in [-0.05, 0) is 101 Å². The number of ether oxygens (including phenoxy) is 1. The number of hydrogen-bond donors (Lipinski definition) is 0. The molecule has 5 nitrogen and oxygen atoms in total. The SMILES string of the molecule is c1ccc(N2c3cc(-n4c5ccccc5c5c6c(c7ccccc7n6-c6ccccc6)c6c(c7ccccc7n6-c6ccccc6)c54)ccc3B3c4ccccc4Oc4cccc2c43)cc1. The van der Waals surface area contributed by atoms with Crippen LogP contribution in [-0.4, -0.2) is 20.4 Å². The van der Waals surface area contributed by atoms with E-state index in [4.69, 9.17) is 4.74 Å². The number of para-hydroxylation sites is 7. The first-order chi connectivity index (χ1) is 32.8. The Bertz CT molecular complexity index is 4080. The molecule has 306 valence electrons. The zero-order valence-corrected chi connectivity index (χ0v) is 35.6. The van der Waals surface area contributed by atoms with Crippen molar-refractivity contribution in [3.8, 4) is 28.6 Å². The van der Waals surface area contributed by atoms with E-state index in [-0.39, 0.29) is 6.71 Å². The monoisotopic (exact) mass is 840 g/mol. The van der Waals surface area contributed by atoms with Gasteiger partial charge in [-0.2, -0.15) is 0 Å². The van der Waals surface area contributed by atoms with Crippen molar-refractivity contribution in [2.45, 2.75) is 0 Å². The van der Waals surface area contributed by atoms with Gasteiger partial charge in [0.2, 0.25) is 0 Å². The van der Waals surface area contributed by atoms with Crippen molar-refractivity contribution in [1.29, 1.82) is 0 Å². The predicted molar refractivity (Wildman–Crippen MR) is 275 cm³/mol. The fourth-order valence-corrected chi connectivity index (χ4v) is 11.7. The zero-order valence-electron chi connectivity index (χ0n) is 35.6. The first-order valence-electron chi connectivity index (χ1n) is 22.7. The van der Waals surface area contributed by atoms with E-state index in [1.54, 1.807) is 0 Å². The van der Waals surface area contributed by atoms with Gasteiger partial charge in [0.1, 0.15) is 11.5 Å². The third-order valence-electron chi connectivity index (χ3n) is 14.2. The van der Waals surface area contributed by atoms with Crippen LogP contribution in [0.15, 0.2) is 224 Å². The molecule has 2 aliphatic heterocycles. The van der Waals surface area contributed by atoms with Crippen molar-refractivity contribution in [2.24, 2.45) is 0 Å². The highest BCUT2D eigenvalue weighted by atomic mass is 16.5. The summed E-state index contributed by atoms with van der Waals surface area (Å²) in [5, 5.41) is 7.36. The molecule has 0 spiro atoms. The highest BCUT2D eigenvalue weighted by molar-refractivity contribution is 6.99. The lowest BCUT2D eigenvalue weighted by molar-refractivity contribution is 0.487. The van der Waals surface area contributed by atoms with Gasteiger partial charge in [0.15, 0.2) is 0 Å². The second-order valence-electron chi connectivity index (χ2n) is 17.6.